The number of thioether (sulfide) groups is 1. The number of unbranched alkanes of at least 4 members (excludes halogenated alkanes) is 2. The molecule has 7 atom stereocenters. The number of carbonyl (C=O) groups excluding carboxylic acids is 3. The zero-order valence-electron chi connectivity index (χ0n) is 23.6. The molecule has 1 N–H and O–H groups in total. The Kier molecular flexibility index (Phi) is 9.74. The second kappa shape index (κ2) is 12.7. The van der Waals surface area contributed by atoms with E-state index in [9.17, 15) is 19.5 Å². The van der Waals surface area contributed by atoms with Crippen molar-refractivity contribution in [2.75, 3.05) is 24.7 Å². The van der Waals surface area contributed by atoms with Crippen LogP contribution in [0.1, 0.15) is 46.5 Å². The molecule has 9 heteroatoms. The minimum atomic E-state index is -0.851. The highest BCUT2D eigenvalue weighted by molar-refractivity contribution is 8.02. The van der Waals surface area contributed by atoms with Crippen LogP contribution in [0.4, 0.5) is 5.69 Å². The number of allylic oxidation sites excluding steroid dienone is 1. The third-order valence-corrected chi connectivity index (χ3v) is 11.1. The van der Waals surface area contributed by atoms with E-state index in [-0.39, 0.29) is 48.0 Å². The van der Waals surface area contributed by atoms with Gasteiger partial charge in [0.2, 0.25) is 5.91 Å². The molecule has 3 aliphatic rings. The molecule has 218 valence electrons. The van der Waals surface area contributed by atoms with E-state index in [0.717, 1.165) is 25.7 Å². The van der Waals surface area contributed by atoms with E-state index >= 15 is 0 Å². The number of rotatable bonds is 13. The Hall–Kier alpha value is -2.29. The number of likely N-dealkylation sites (tertiary alicyclic amines) is 1. The third kappa shape index (κ3) is 5.23. The summed E-state index contributed by atoms with van der Waals surface area (Å²) in [6, 6.07) is 5.59. The van der Waals surface area contributed by atoms with Crippen LogP contribution in [0.2, 0.25) is 5.02 Å². The molecule has 1 aromatic carbocycles. The van der Waals surface area contributed by atoms with Crippen molar-refractivity contribution in [2.24, 2.45) is 23.7 Å². The maximum Gasteiger partial charge on any atom is 0.310 e. The molecule has 3 unspecified atom stereocenters. The van der Waals surface area contributed by atoms with Gasteiger partial charge in [-0.2, -0.15) is 0 Å². The Morgan fingerprint density at radius 1 is 1.25 bits per heavy atom. The average molecular weight is 589 g/mol. The summed E-state index contributed by atoms with van der Waals surface area (Å²) in [7, 11) is 0. The van der Waals surface area contributed by atoms with Gasteiger partial charge in [0.25, 0.3) is 5.91 Å². The van der Waals surface area contributed by atoms with Crippen molar-refractivity contribution < 1.29 is 24.2 Å². The molecule has 4 rings (SSSR count). The second-order valence-electron chi connectivity index (χ2n) is 11.5. The molecule has 0 radical (unpaired) electrons. The molecular weight excluding hydrogens is 548 g/mol. The lowest BCUT2D eigenvalue weighted by atomic mass is 9.66. The van der Waals surface area contributed by atoms with Crippen molar-refractivity contribution >= 4 is 46.8 Å². The maximum absolute atomic E-state index is 14.7. The van der Waals surface area contributed by atoms with Crippen LogP contribution in [0.5, 0.6) is 0 Å². The van der Waals surface area contributed by atoms with E-state index in [1.165, 1.54) is 0 Å². The lowest BCUT2D eigenvalue weighted by Gasteiger charge is -2.42. The van der Waals surface area contributed by atoms with Gasteiger partial charge in [-0.25, -0.2) is 0 Å². The summed E-state index contributed by atoms with van der Waals surface area (Å²) in [5.41, 5.74) is 0.646. The molecule has 1 spiro atoms. The maximum atomic E-state index is 14.7. The fourth-order valence-electron chi connectivity index (χ4n) is 6.86. The number of amides is 2. The number of fused-ring (bicyclic) bond motifs is 1. The standard InChI is InChI=1S/C31H41ClN2O5S/c1-6-8-9-10-16-39-30(38)25-24-17-20(5)31(40-24)26(25)28(36)34(23(18-35)19(3)4)27(31)29(37)33(15-7-2)22-13-11-21(32)12-14-22/h6-7,11-14,19-20,23-27,35H,1-2,8-10,15-18H2,3-5H3/t20?,23-,24-,25+,26-,27?,31?/m0/s1. The third-order valence-electron chi connectivity index (χ3n) is 8.77. The van der Waals surface area contributed by atoms with Crippen molar-refractivity contribution in [1.29, 1.82) is 0 Å². The van der Waals surface area contributed by atoms with Crippen LogP contribution in [0, 0.1) is 23.7 Å². The summed E-state index contributed by atoms with van der Waals surface area (Å²) in [6.07, 6.45) is 6.68. The van der Waals surface area contributed by atoms with Crippen molar-refractivity contribution in [2.45, 2.75) is 68.5 Å². The van der Waals surface area contributed by atoms with Crippen molar-refractivity contribution in [1.82, 2.24) is 4.90 Å². The summed E-state index contributed by atoms with van der Waals surface area (Å²) in [5.74, 6) is -2.24. The summed E-state index contributed by atoms with van der Waals surface area (Å²) in [6.45, 7) is 13.8. The molecule has 2 bridgehead atoms. The summed E-state index contributed by atoms with van der Waals surface area (Å²) >= 11 is 7.74. The first-order valence-corrected chi connectivity index (χ1v) is 15.5. The number of halogens is 1. The highest BCUT2D eigenvalue weighted by Gasteiger charge is 2.77. The Labute approximate surface area is 246 Å². The van der Waals surface area contributed by atoms with Gasteiger partial charge in [-0.15, -0.1) is 24.9 Å². The van der Waals surface area contributed by atoms with Gasteiger partial charge < -0.3 is 19.6 Å². The molecule has 40 heavy (non-hydrogen) atoms. The van der Waals surface area contributed by atoms with E-state index in [0.29, 0.717) is 17.3 Å². The molecular formula is C31H41ClN2O5S. The van der Waals surface area contributed by atoms with Crippen LogP contribution in [-0.4, -0.2) is 69.6 Å². The lowest BCUT2D eigenvalue weighted by Crippen LogP contribution is -2.60. The van der Waals surface area contributed by atoms with Crippen LogP contribution in [-0.2, 0) is 19.1 Å². The first kappa shape index (κ1) is 30.7. The van der Waals surface area contributed by atoms with Crippen LogP contribution < -0.4 is 4.90 Å². The number of aliphatic hydroxyl groups excluding tert-OH is 1. The van der Waals surface area contributed by atoms with Gasteiger partial charge in [-0.3, -0.25) is 14.4 Å². The smallest absolute Gasteiger partial charge is 0.310 e. The molecule has 3 heterocycles. The molecule has 3 saturated heterocycles. The molecule has 0 aromatic heterocycles. The second-order valence-corrected chi connectivity index (χ2v) is 13.4. The molecule has 3 aliphatic heterocycles. The van der Waals surface area contributed by atoms with E-state index in [1.54, 1.807) is 51.9 Å². The van der Waals surface area contributed by atoms with Crippen molar-refractivity contribution in [3.05, 3.63) is 54.6 Å². The van der Waals surface area contributed by atoms with Gasteiger partial charge in [-0.1, -0.05) is 44.5 Å². The first-order chi connectivity index (χ1) is 19.1. The number of anilines is 1. The zero-order valence-corrected chi connectivity index (χ0v) is 25.2. The van der Waals surface area contributed by atoms with Crippen molar-refractivity contribution in [3.8, 4) is 0 Å². The largest absolute Gasteiger partial charge is 0.465 e. The molecule has 0 aliphatic carbocycles. The number of ether oxygens (including phenoxy) is 1. The van der Waals surface area contributed by atoms with Crippen molar-refractivity contribution in [3.63, 3.8) is 0 Å². The quantitative estimate of drug-likeness (QED) is 0.196. The predicted octanol–water partition coefficient (Wildman–Crippen LogP) is 5.11. The fraction of sp³-hybridized carbons (Fsp3) is 0.581. The lowest BCUT2D eigenvalue weighted by molar-refractivity contribution is -0.155. The molecule has 2 amide bonds. The average Bonchev–Trinajstić information content (AvgIpc) is 3.51. The van der Waals surface area contributed by atoms with Crippen LogP contribution in [0.25, 0.3) is 0 Å². The van der Waals surface area contributed by atoms with E-state index in [2.05, 4.69) is 20.1 Å². The minimum absolute atomic E-state index is 0.00865. The number of aliphatic hydroxyl groups is 1. The Morgan fingerprint density at radius 2 is 1.95 bits per heavy atom. The van der Waals surface area contributed by atoms with Crippen LogP contribution >= 0.6 is 23.4 Å². The van der Waals surface area contributed by atoms with E-state index in [4.69, 9.17) is 16.3 Å². The zero-order chi connectivity index (χ0) is 29.2. The number of carbonyl (C=O) groups is 3. The van der Waals surface area contributed by atoms with Gasteiger partial charge >= 0.3 is 5.97 Å². The summed E-state index contributed by atoms with van der Waals surface area (Å²) < 4.78 is 4.91. The normalized spacial score (nSPS) is 29.4. The van der Waals surface area contributed by atoms with Crippen LogP contribution in [0.15, 0.2) is 49.6 Å². The molecule has 7 nitrogen and oxygen atoms in total. The Bertz CT molecular complexity index is 1130. The molecule has 1 aromatic rings. The van der Waals surface area contributed by atoms with Gasteiger partial charge in [0.15, 0.2) is 0 Å². The van der Waals surface area contributed by atoms with Gasteiger partial charge in [0.1, 0.15) is 6.04 Å². The number of nitrogens with zero attached hydrogens (tertiary/aromatic N) is 2. The predicted molar refractivity (Wildman–Crippen MR) is 160 cm³/mol. The van der Waals surface area contributed by atoms with E-state index < -0.39 is 28.7 Å². The Morgan fingerprint density at radius 3 is 2.55 bits per heavy atom. The number of benzene rings is 1. The molecule has 0 saturated carbocycles. The monoisotopic (exact) mass is 588 g/mol. The number of hydrogen-bond acceptors (Lipinski definition) is 6. The SMILES string of the molecule is C=CCCCCOC(=O)[C@@H]1[C@@H]2CC(C)C3(S2)C(C(=O)N(CC=C)c2ccc(Cl)cc2)N([C@@H](CO)C(C)C)C(=O)[C@H]13. The first-order valence-electron chi connectivity index (χ1n) is 14.2. The van der Waals surface area contributed by atoms with Gasteiger partial charge in [-0.05, 0) is 61.8 Å². The number of esters is 1. The summed E-state index contributed by atoms with van der Waals surface area (Å²) in [4.78, 5) is 45.8. The van der Waals surface area contributed by atoms with Gasteiger partial charge in [0.05, 0.1) is 35.8 Å². The highest BCUT2D eigenvalue weighted by atomic mass is 35.5. The number of hydrogen-bond donors (Lipinski definition) is 1. The summed E-state index contributed by atoms with van der Waals surface area (Å²) in [5, 5.41) is 10.9. The van der Waals surface area contributed by atoms with Crippen LogP contribution in [0.3, 0.4) is 0 Å². The van der Waals surface area contributed by atoms with Gasteiger partial charge in [0, 0.05) is 22.5 Å². The topological polar surface area (TPSA) is 87.2 Å². The van der Waals surface area contributed by atoms with E-state index in [1.807, 2.05) is 19.9 Å². The Balaban J connectivity index is 1.75. The fourth-order valence-corrected chi connectivity index (χ4v) is 9.38. The minimum Gasteiger partial charge on any atom is -0.465 e. The highest BCUT2D eigenvalue weighted by Crippen LogP contribution is 2.69. The molecule has 3 fully saturated rings.